The molecule has 1 fully saturated rings. The normalized spacial score (nSPS) is 15.7. The van der Waals surface area contributed by atoms with Gasteiger partial charge in [-0.1, -0.05) is 62.6 Å². The van der Waals surface area contributed by atoms with Crippen LogP contribution in [0.15, 0.2) is 58.9 Å². The van der Waals surface area contributed by atoms with Gasteiger partial charge in [-0.25, -0.2) is 4.99 Å². The van der Waals surface area contributed by atoms with Gasteiger partial charge in [-0.3, -0.25) is 0 Å². The maximum Gasteiger partial charge on any atom is 0.190 e. The molecule has 0 unspecified atom stereocenters. The molecule has 0 aliphatic heterocycles. The van der Waals surface area contributed by atoms with Crippen LogP contribution >= 0.6 is 11.3 Å². The number of benzene rings is 2. The lowest BCUT2D eigenvalue weighted by molar-refractivity contribution is 0.275. The molecular formula is C25H30N2OS. The van der Waals surface area contributed by atoms with Crippen LogP contribution in [0.25, 0.3) is 11.3 Å². The second-order valence-electron chi connectivity index (χ2n) is 7.87. The van der Waals surface area contributed by atoms with E-state index in [1.54, 1.807) is 11.3 Å². The first kappa shape index (κ1) is 20.1. The maximum absolute atomic E-state index is 9.62. The Morgan fingerprint density at radius 1 is 1.00 bits per heavy atom. The van der Waals surface area contributed by atoms with Gasteiger partial charge in [-0.15, -0.1) is 11.3 Å². The summed E-state index contributed by atoms with van der Waals surface area (Å²) >= 11 is 1.63. The van der Waals surface area contributed by atoms with Crippen LogP contribution in [0.1, 0.15) is 56.1 Å². The van der Waals surface area contributed by atoms with Crippen molar-refractivity contribution in [2.45, 2.75) is 57.9 Å². The van der Waals surface area contributed by atoms with Crippen molar-refractivity contribution in [2.75, 3.05) is 6.61 Å². The van der Waals surface area contributed by atoms with E-state index in [0.717, 1.165) is 28.5 Å². The summed E-state index contributed by atoms with van der Waals surface area (Å²) < 4.78 is 2.13. The van der Waals surface area contributed by atoms with Crippen LogP contribution in [0.2, 0.25) is 0 Å². The van der Waals surface area contributed by atoms with Crippen molar-refractivity contribution < 1.29 is 5.11 Å². The third kappa shape index (κ3) is 4.71. The van der Waals surface area contributed by atoms with E-state index in [2.05, 4.69) is 65.4 Å². The van der Waals surface area contributed by atoms with Gasteiger partial charge in [0.2, 0.25) is 0 Å². The predicted molar refractivity (Wildman–Crippen MR) is 122 cm³/mol. The Morgan fingerprint density at radius 2 is 1.72 bits per heavy atom. The van der Waals surface area contributed by atoms with Gasteiger partial charge in [0.25, 0.3) is 0 Å². The molecule has 4 heteroatoms. The van der Waals surface area contributed by atoms with E-state index in [1.807, 2.05) is 0 Å². The average Bonchev–Trinajstić information content (AvgIpc) is 3.17. The highest BCUT2D eigenvalue weighted by atomic mass is 32.1. The lowest BCUT2D eigenvalue weighted by Crippen LogP contribution is -2.17. The Labute approximate surface area is 177 Å². The highest BCUT2D eigenvalue weighted by molar-refractivity contribution is 7.07. The summed E-state index contributed by atoms with van der Waals surface area (Å²) in [5.41, 5.74) is 6.06. The van der Waals surface area contributed by atoms with Gasteiger partial charge >= 0.3 is 0 Å². The molecule has 3 nitrogen and oxygen atoms in total. The third-order valence-electron chi connectivity index (χ3n) is 5.97. The van der Waals surface area contributed by atoms with Crippen molar-refractivity contribution >= 4 is 17.0 Å². The fraction of sp³-hybridized carbons (Fsp3) is 0.400. The summed E-state index contributed by atoms with van der Waals surface area (Å²) in [6.07, 6.45) is 7.78. The fourth-order valence-corrected chi connectivity index (χ4v) is 5.20. The third-order valence-corrected chi connectivity index (χ3v) is 6.84. The summed E-state index contributed by atoms with van der Waals surface area (Å²) in [4.78, 5) is 5.77. The molecule has 152 valence electrons. The summed E-state index contributed by atoms with van der Waals surface area (Å²) in [5.74, 6) is 0.724. The van der Waals surface area contributed by atoms with Gasteiger partial charge in [0.05, 0.1) is 18.0 Å². The number of aliphatic hydroxyl groups excluding tert-OH is 1. The zero-order valence-electron chi connectivity index (χ0n) is 17.2. The number of rotatable bonds is 6. The van der Waals surface area contributed by atoms with Crippen LogP contribution in [0.3, 0.4) is 0 Å². The Balaban J connectivity index is 1.64. The minimum Gasteiger partial charge on any atom is -0.395 e. The highest BCUT2D eigenvalue weighted by Gasteiger charge is 2.16. The summed E-state index contributed by atoms with van der Waals surface area (Å²) in [6.45, 7) is 2.81. The molecule has 0 amide bonds. The van der Waals surface area contributed by atoms with Crippen LogP contribution in [0, 0.1) is 0 Å². The molecule has 1 heterocycles. The van der Waals surface area contributed by atoms with Gasteiger partial charge in [-0.2, -0.15) is 0 Å². The SMILES string of the molecule is CCc1ccc(N=c2scc(-c3ccc(C4CCCCC4)cc3)n2CCO)cc1. The molecule has 29 heavy (non-hydrogen) atoms. The van der Waals surface area contributed by atoms with Gasteiger partial charge in [0, 0.05) is 11.9 Å². The molecule has 1 aromatic heterocycles. The smallest absolute Gasteiger partial charge is 0.190 e. The number of nitrogens with zero attached hydrogens (tertiary/aromatic N) is 2. The minimum atomic E-state index is 0.103. The topological polar surface area (TPSA) is 37.5 Å². The molecule has 0 atom stereocenters. The second-order valence-corrected chi connectivity index (χ2v) is 8.70. The van der Waals surface area contributed by atoms with Crippen LogP contribution in [0.5, 0.6) is 0 Å². The van der Waals surface area contributed by atoms with Crippen molar-refractivity contribution in [1.29, 1.82) is 0 Å². The molecule has 0 saturated heterocycles. The minimum absolute atomic E-state index is 0.103. The summed E-state index contributed by atoms with van der Waals surface area (Å²) in [6, 6.07) is 17.5. The van der Waals surface area contributed by atoms with Gasteiger partial charge in [0.15, 0.2) is 4.80 Å². The van der Waals surface area contributed by atoms with Crippen LogP contribution in [-0.2, 0) is 13.0 Å². The number of thiazole rings is 1. The first-order valence-electron chi connectivity index (χ1n) is 10.8. The molecule has 1 aliphatic rings. The monoisotopic (exact) mass is 406 g/mol. The first-order chi connectivity index (χ1) is 14.3. The highest BCUT2D eigenvalue weighted by Crippen LogP contribution is 2.33. The van der Waals surface area contributed by atoms with Gasteiger partial charge in [-0.05, 0) is 54.0 Å². The van der Waals surface area contributed by atoms with E-state index in [9.17, 15) is 5.11 Å². The van der Waals surface area contributed by atoms with Gasteiger partial charge in [0.1, 0.15) is 0 Å². The van der Waals surface area contributed by atoms with Crippen molar-refractivity contribution in [3.8, 4) is 11.3 Å². The van der Waals surface area contributed by atoms with E-state index >= 15 is 0 Å². The van der Waals surface area contributed by atoms with E-state index in [1.165, 1.54) is 48.8 Å². The fourth-order valence-electron chi connectivity index (χ4n) is 4.24. The molecule has 1 saturated carbocycles. The molecule has 4 rings (SSSR count). The Bertz CT molecular complexity index is 977. The van der Waals surface area contributed by atoms with E-state index in [-0.39, 0.29) is 6.61 Å². The Hall–Kier alpha value is -2.17. The zero-order valence-corrected chi connectivity index (χ0v) is 18.0. The number of hydrogen-bond donors (Lipinski definition) is 1. The average molecular weight is 407 g/mol. The second kappa shape index (κ2) is 9.55. The Kier molecular flexibility index (Phi) is 6.63. The number of aryl methyl sites for hydroxylation is 1. The molecular weight excluding hydrogens is 376 g/mol. The summed E-state index contributed by atoms with van der Waals surface area (Å²) in [5, 5.41) is 11.8. The number of aromatic nitrogens is 1. The molecule has 0 bridgehead atoms. The van der Waals surface area contributed by atoms with Gasteiger partial charge < -0.3 is 9.67 Å². The largest absolute Gasteiger partial charge is 0.395 e. The molecule has 0 radical (unpaired) electrons. The van der Waals surface area contributed by atoms with Crippen molar-refractivity contribution in [2.24, 2.45) is 4.99 Å². The molecule has 3 aromatic rings. The van der Waals surface area contributed by atoms with E-state index in [4.69, 9.17) is 4.99 Å². The van der Waals surface area contributed by atoms with Crippen molar-refractivity contribution in [3.63, 3.8) is 0 Å². The lowest BCUT2D eigenvalue weighted by atomic mass is 9.84. The molecule has 1 N–H and O–H groups in total. The predicted octanol–water partition coefficient (Wildman–Crippen LogP) is 6.05. The number of hydrogen-bond acceptors (Lipinski definition) is 3. The lowest BCUT2D eigenvalue weighted by Gasteiger charge is -2.22. The van der Waals surface area contributed by atoms with Crippen molar-refractivity contribution in [1.82, 2.24) is 4.57 Å². The standard InChI is InChI=1S/C25H30N2OS/c1-2-19-8-14-23(15-9-19)26-25-27(16-17-28)24(18-29-25)22-12-10-21(11-13-22)20-6-4-3-5-7-20/h8-15,18,20,28H,2-7,16-17H2,1H3. The van der Waals surface area contributed by atoms with Crippen LogP contribution < -0.4 is 4.80 Å². The number of aliphatic hydroxyl groups is 1. The first-order valence-corrected chi connectivity index (χ1v) is 11.7. The van der Waals surface area contributed by atoms with Crippen LogP contribution in [-0.4, -0.2) is 16.3 Å². The van der Waals surface area contributed by atoms with E-state index in [0.29, 0.717) is 6.54 Å². The molecule has 1 aliphatic carbocycles. The summed E-state index contributed by atoms with van der Waals surface area (Å²) in [7, 11) is 0. The quantitative estimate of drug-likeness (QED) is 0.531. The maximum atomic E-state index is 9.62. The molecule has 0 spiro atoms. The molecule has 2 aromatic carbocycles. The van der Waals surface area contributed by atoms with Crippen LogP contribution in [0.4, 0.5) is 5.69 Å². The van der Waals surface area contributed by atoms with E-state index < -0.39 is 0 Å². The zero-order chi connectivity index (χ0) is 20.1. The Morgan fingerprint density at radius 3 is 2.38 bits per heavy atom. The van der Waals surface area contributed by atoms with Crippen molar-refractivity contribution in [3.05, 3.63) is 69.8 Å².